The lowest BCUT2D eigenvalue weighted by molar-refractivity contribution is -0.118. The molecule has 0 saturated heterocycles. The van der Waals surface area contributed by atoms with Crippen molar-refractivity contribution < 1.29 is 0 Å². The van der Waals surface area contributed by atoms with Crippen molar-refractivity contribution >= 4 is 0 Å². The smallest absolute Gasteiger partial charge is 0.0184 e. The Kier molecular flexibility index (Phi) is 3.48. The van der Waals surface area contributed by atoms with Gasteiger partial charge in [-0.1, -0.05) is 19.8 Å². The van der Waals surface area contributed by atoms with E-state index in [2.05, 4.69) is 6.92 Å². The number of fused-ring (bicyclic) bond motifs is 4. The molecule has 4 bridgehead atoms. The first-order valence-corrected chi connectivity index (χ1v) is 11.2. The highest BCUT2D eigenvalue weighted by molar-refractivity contribution is 5.17. The number of hydrogen-bond acceptors (Lipinski definition) is 0. The molecule has 0 heteroatoms. The highest BCUT2D eigenvalue weighted by Crippen LogP contribution is 2.77. The van der Waals surface area contributed by atoms with E-state index < -0.39 is 0 Å². The van der Waals surface area contributed by atoms with Crippen molar-refractivity contribution in [2.45, 2.75) is 110 Å². The second-order valence-electron chi connectivity index (χ2n) is 10.7. The van der Waals surface area contributed by atoms with Crippen LogP contribution in [-0.4, -0.2) is 0 Å². The SMILES string of the molecule is CCCC1CCC(C23CCC(CC2)C3)(C23CCC(CC2)C3)CC1. The molecule has 0 radical (unpaired) electrons. The number of hydrogen-bond donors (Lipinski definition) is 0. The lowest BCUT2D eigenvalue weighted by atomic mass is 9.43. The second-order valence-corrected chi connectivity index (χ2v) is 10.7. The zero-order chi connectivity index (χ0) is 15.5. The summed E-state index contributed by atoms with van der Waals surface area (Å²) in [5, 5.41) is 0. The summed E-state index contributed by atoms with van der Waals surface area (Å²) in [5.41, 5.74) is 2.42. The monoisotopic (exact) mass is 314 g/mol. The first kappa shape index (κ1) is 15.3. The van der Waals surface area contributed by atoms with E-state index >= 15 is 0 Å². The molecule has 5 fully saturated rings. The summed E-state index contributed by atoms with van der Waals surface area (Å²) in [6.45, 7) is 2.40. The molecule has 0 atom stereocenters. The van der Waals surface area contributed by atoms with Gasteiger partial charge < -0.3 is 0 Å². The van der Waals surface area contributed by atoms with Crippen LogP contribution in [-0.2, 0) is 0 Å². The maximum absolute atomic E-state index is 2.40. The fraction of sp³-hybridized carbons (Fsp3) is 1.00. The van der Waals surface area contributed by atoms with Crippen molar-refractivity contribution in [2.24, 2.45) is 34.0 Å². The normalized spacial score (nSPS) is 54.9. The maximum Gasteiger partial charge on any atom is -0.0184 e. The summed E-state index contributed by atoms with van der Waals surface area (Å²) in [6, 6.07) is 0. The third-order valence-electron chi connectivity index (χ3n) is 10.2. The van der Waals surface area contributed by atoms with Crippen molar-refractivity contribution in [2.75, 3.05) is 0 Å². The van der Waals surface area contributed by atoms with Crippen LogP contribution in [0.15, 0.2) is 0 Å². The molecule has 130 valence electrons. The second kappa shape index (κ2) is 5.25. The van der Waals surface area contributed by atoms with Gasteiger partial charge in [-0.15, -0.1) is 0 Å². The standard InChI is InChI=1S/C23H38/c1-2-3-18-8-14-23(15-9-18,21-10-4-19(16-21)5-11-21)22-12-6-20(17-22)7-13-22/h18-20H,2-17H2,1H3. The van der Waals surface area contributed by atoms with Crippen LogP contribution in [0, 0.1) is 34.0 Å². The lowest BCUT2D eigenvalue weighted by Gasteiger charge is -2.61. The molecule has 0 amide bonds. The summed E-state index contributed by atoms with van der Waals surface area (Å²) < 4.78 is 0. The Hall–Kier alpha value is 0. The van der Waals surface area contributed by atoms with Crippen LogP contribution >= 0.6 is 0 Å². The first-order chi connectivity index (χ1) is 11.2. The Morgan fingerprint density at radius 1 is 0.652 bits per heavy atom. The summed E-state index contributed by atoms with van der Waals surface area (Å²) >= 11 is 0. The molecular weight excluding hydrogens is 276 g/mol. The van der Waals surface area contributed by atoms with E-state index in [-0.39, 0.29) is 0 Å². The fourth-order valence-electron chi connectivity index (χ4n) is 9.22. The minimum Gasteiger partial charge on any atom is -0.0654 e. The van der Waals surface area contributed by atoms with Crippen molar-refractivity contribution in [3.05, 3.63) is 0 Å². The van der Waals surface area contributed by atoms with Gasteiger partial charge in [0.2, 0.25) is 0 Å². The maximum atomic E-state index is 2.40. The van der Waals surface area contributed by atoms with Crippen molar-refractivity contribution in [1.29, 1.82) is 0 Å². The Morgan fingerprint density at radius 2 is 1.13 bits per heavy atom. The van der Waals surface area contributed by atoms with Crippen LogP contribution in [0.4, 0.5) is 0 Å². The molecule has 5 aliphatic carbocycles. The van der Waals surface area contributed by atoms with Gasteiger partial charge in [0.1, 0.15) is 0 Å². The molecule has 0 N–H and O–H groups in total. The summed E-state index contributed by atoms with van der Waals surface area (Å²) in [7, 11) is 0. The minimum atomic E-state index is 0.792. The predicted octanol–water partition coefficient (Wildman–Crippen LogP) is 7.12. The third kappa shape index (κ3) is 1.96. The van der Waals surface area contributed by atoms with E-state index in [1.54, 1.807) is 89.9 Å². The van der Waals surface area contributed by atoms with E-state index in [1.165, 1.54) is 12.8 Å². The summed E-state index contributed by atoms with van der Waals surface area (Å²) in [6.07, 6.45) is 25.6. The molecule has 0 heterocycles. The van der Waals surface area contributed by atoms with Crippen molar-refractivity contribution in [3.63, 3.8) is 0 Å². The van der Waals surface area contributed by atoms with Crippen LogP contribution in [0.1, 0.15) is 110 Å². The van der Waals surface area contributed by atoms with E-state index in [4.69, 9.17) is 0 Å². The lowest BCUT2D eigenvalue weighted by Crippen LogP contribution is -2.52. The molecule has 0 aromatic carbocycles. The zero-order valence-electron chi connectivity index (χ0n) is 15.5. The first-order valence-electron chi connectivity index (χ1n) is 11.2. The molecular formula is C23H38. The molecule has 5 aliphatic rings. The van der Waals surface area contributed by atoms with Crippen LogP contribution < -0.4 is 0 Å². The quantitative estimate of drug-likeness (QED) is 0.518. The Labute approximate surface area is 144 Å². The largest absolute Gasteiger partial charge is 0.0654 e. The topological polar surface area (TPSA) is 0 Å². The van der Waals surface area contributed by atoms with E-state index in [1.807, 2.05) is 0 Å². The molecule has 5 saturated carbocycles. The van der Waals surface area contributed by atoms with Gasteiger partial charge >= 0.3 is 0 Å². The average molecular weight is 315 g/mol. The molecule has 0 unspecified atom stereocenters. The molecule has 0 aliphatic heterocycles. The van der Waals surface area contributed by atoms with Crippen LogP contribution in [0.2, 0.25) is 0 Å². The van der Waals surface area contributed by atoms with Gasteiger partial charge in [0.05, 0.1) is 0 Å². The fourth-order valence-corrected chi connectivity index (χ4v) is 9.22. The van der Waals surface area contributed by atoms with Gasteiger partial charge in [0, 0.05) is 0 Å². The molecule has 0 nitrogen and oxygen atoms in total. The Balaban J connectivity index is 1.50. The Bertz CT molecular complexity index is 405. The van der Waals surface area contributed by atoms with Crippen molar-refractivity contribution in [3.8, 4) is 0 Å². The number of rotatable bonds is 4. The minimum absolute atomic E-state index is 0.792. The van der Waals surface area contributed by atoms with Crippen LogP contribution in [0.3, 0.4) is 0 Å². The van der Waals surface area contributed by atoms with Gasteiger partial charge in [-0.3, -0.25) is 0 Å². The molecule has 0 aromatic rings. The molecule has 23 heavy (non-hydrogen) atoms. The van der Waals surface area contributed by atoms with Crippen LogP contribution in [0.25, 0.3) is 0 Å². The van der Waals surface area contributed by atoms with Gasteiger partial charge in [0.25, 0.3) is 0 Å². The molecule has 0 spiro atoms. The van der Waals surface area contributed by atoms with Crippen LogP contribution in [0.5, 0.6) is 0 Å². The highest BCUT2D eigenvalue weighted by atomic mass is 14.7. The third-order valence-corrected chi connectivity index (χ3v) is 10.2. The molecule has 0 aromatic heterocycles. The molecule has 5 rings (SSSR count). The van der Waals surface area contributed by atoms with Gasteiger partial charge in [-0.2, -0.15) is 0 Å². The predicted molar refractivity (Wildman–Crippen MR) is 97.3 cm³/mol. The zero-order valence-corrected chi connectivity index (χ0v) is 15.5. The van der Waals surface area contributed by atoms with E-state index in [9.17, 15) is 0 Å². The van der Waals surface area contributed by atoms with Gasteiger partial charge in [-0.25, -0.2) is 0 Å². The average Bonchev–Trinajstić information content (AvgIpc) is 3.37. The summed E-state index contributed by atoms with van der Waals surface area (Å²) in [4.78, 5) is 0. The van der Waals surface area contributed by atoms with E-state index in [0.29, 0.717) is 0 Å². The van der Waals surface area contributed by atoms with E-state index in [0.717, 1.165) is 34.0 Å². The van der Waals surface area contributed by atoms with Gasteiger partial charge in [0.15, 0.2) is 0 Å². The summed E-state index contributed by atoms with van der Waals surface area (Å²) in [5.74, 6) is 3.35. The Morgan fingerprint density at radius 3 is 1.48 bits per heavy atom. The van der Waals surface area contributed by atoms with Crippen molar-refractivity contribution in [1.82, 2.24) is 0 Å². The highest BCUT2D eigenvalue weighted by Gasteiger charge is 2.67. The van der Waals surface area contributed by atoms with Gasteiger partial charge in [-0.05, 0) is 124 Å².